The Labute approximate surface area is 177 Å². The number of hydrogen-bond acceptors (Lipinski definition) is 5. The van der Waals surface area contributed by atoms with E-state index in [1.165, 1.54) is 23.8 Å². The number of benzene rings is 2. The Kier molecular flexibility index (Phi) is 7.93. The van der Waals surface area contributed by atoms with E-state index in [2.05, 4.69) is 5.32 Å². The molecule has 0 heterocycles. The molecule has 0 radical (unpaired) electrons. The number of rotatable bonds is 10. The summed E-state index contributed by atoms with van der Waals surface area (Å²) in [5.41, 5.74) is 1.58. The van der Waals surface area contributed by atoms with Gasteiger partial charge >= 0.3 is 0 Å². The van der Waals surface area contributed by atoms with Crippen molar-refractivity contribution in [2.45, 2.75) is 26.7 Å². The molecule has 1 unspecified atom stereocenters. The second kappa shape index (κ2) is 10.2. The summed E-state index contributed by atoms with van der Waals surface area (Å²) in [6.45, 7) is 3.65. The lowest BCUT2D eigenvalue weighted by atomic mass is 9.97. The summed E-state index contributed by atoms with van der Waals surface area (Å²) in [6, 6.07) is 13.9. The minimum absolute atomic E-state index is 0.123. The number of sulfonamides is 1. The van der Waals surface area contributed by atoms with Crippen molar-refractivity contribution in [2.75, 3.05) is 23.7 Å². The van der Waals surface area contributed by atoms with Crippen molar-refractivity contribution >= 4 is 27.3 Å². The zero-order chi connectivity index (χ0) is 22.3. The van der Waals surface area contributed by atoms with Crippen molar-refractivity contribution in [3.8, 4) is 0 Å². The van der Waals surface area contributed by atoms with Gasteiger partial charge in [0.2, 0.25) is 15.9 Å². The standard InChI is InChI=1S/C21H27N3O5S/c1-4-17(12-18-8-6-5-7-9-18)14-22-21(25)15-23(30(3,28)29)20-13-19(24(26)27)11-10-16(20)2/h5-11,13,17H,4,12,14-15H2,1-3H3,(H,22,25). The van der Waals surface area contributed by atoms with E-state index in [1.54, 1.807) is 6.92 Å². The molecule has 2 aromatic rings. The number of nitrogens with one attached hydrogen (secondary N) is 1. The third-order valence-electron chi connectivity index (χ3n) is 4.89. The van der Waals surface area contributed by atoms with Gasteiger partial charge in [-0.2, -0.15) is 0 Å². The maximum Gasteiger partial charge on any atom is 0.271 e. The van der Waals surface area contributed by atoms with E-state index in [4.69, 9.17) is 0 Å². The van der Waals surface area contributed by atoms with E-state index < -0.39 is 27.4 Å². The van der Waals surface area contributed by atoms with Crippen LogP contribution in [0.3, 0.4) is 0 Å². The Hall–Kier alpha value is -2.94. The van der Waals surface area contributed by atoms with Crippen LogP contribution in [0.1, 0.15) is 24.5 Å². The fourth-order valence-electron chi connectivity index (χ4n) is 3.11. The SMILES string of the molecule is CCC(CNC(=O)CN(c1cc([N+](=O)[O-])ccc1C)S(C)(=O)=O)Cc1ccccc1. The highest BCUT2D eigenvalue weighted by molar-refractivity contribution is 7.92. The summed E-state index contributed by atoms with van der Waals surface area (Å²) < 4.78 is 25.5. The predicted molar refractivity (Wildman–Crippen MR) is 117 cm³/mol. The van der Waals surface area contributed by atoms with Gasteiger partial charge in [-0.25, -0.2) is 8.42 Å². The van der Waals surface area contributed by atoms with Gasteiger partial charge in [-0.05, 0) is 30.4 Å². The molecule has 0 aliphatic rings. The molecule has 2 aromatic carbocycles. The quantitative estimate of drug-likeness (QED) is 0.457. The molecule has 0 bridgehead atoms. The molecular weight excluding hydrogens is 406 g/mol. The molecule has 2 rings (SSSR count). The first-order valence-corrected chi connectivity index (χ1v) is 11.5. The Balaban J connectivity index is 2.11. The first-order chi connectivity index (χ1) is 14.1. The lowest BCUT2D eigenvalue weighted by Gasteiger charge is -2.24. The number of nitro benzene ring substituents is 1. The smallest absolute Gasteiger partial charge is 0.271 e. The van der Waals surface area contributed by atoms with Crippen LogP contribution >= 0.6 is 0 Å². The predicted octanol–water partition coefficient (Wildman–Crippen LogP) is 3.05. The minimum Gasteiger partial charge on any atom is -0.354 e. The van der Waals surface area contributed by atoms with Gasteiger partial charge in [0.1, 0.15) is 6.54 Å². The number of non-ortho nitro benzene ring substituents is 1. The number of hydrogen-bond donors (Lipinski definition) is 1. The van der Waals surface area contributed by atoms with Crippen LogP contribution in [0.5, 0.6) is 0 Å². The normalized spacial score (nSPS) is 12.2. The van der Waals surface area contributed by atoms with Crippen LogP contribution < -0.4 is 9.62 Å². The van der Waals surface area contributed by atoms with Crippen molar-refractivity contribution in [1.82, 2.24) is 5.32 Å². The Morgan fingerprint density at radius 3 is 2.43 bits per heavy atom. The number of anilines is 1. The van der Waals surface area contributed by atoms with Gasteiger partial charge in [0.05, 0.1) is 16.9 Å². The Morgan fingerprint density at radius 1 is 1.20 bits per heavy atom. The van der Waals surface area contributed by atoms with Crippen LogP contribution in [0.15, 0.2) is 48.5 Å². The lowest BCUT2D eigenvalue weighted by Crippen LogP contribution is -2.42. The summed E-state index contributed by atoms with van der Waals surface area (Å²) >= 11 is 0. The van der Waals surface area contributed by atoms with E-state index >= 15 is 0 Å². The second-order valence-corrected chi connectivity index (χ2v) is 9.17. The van der Waals surface area contributed by atoms with Gasteiger partial charge in [-0.3, -0.25) is 19.2 Å². The summed E-state index contributed by atoms with van der Waals surface area (Å²) in [5, 5.41) is 13.9. The van der Waals surface area contributed by atoms with Crippen LogP contribution in [-0.2, 0) is 21.2 Å². The number of aryl methyl sites for hydroxylation is 1. The van der Waals surface area contributed by atoms with Crippen LogP contribution in [0, 0.1) is 23.0 Å². The van der Waals surface area contributed by atoms with Gasteiger partial charge in [0.25, 0.3) is 5.69 Å². The van der Waals surface area contributed by atoms with Gasteiger partial charge < -0.3 is 5.32 Å². The van der Waals surface area contributed by atoms with Crippen molar-refractivity contribution in [3.05, 3.63) is 69.8 Å². The molecule has 0 aliphatic heterocycles. The highest BCUT2D eigenvalue weighted by Crippen LogP contribution is 2.27. The zero-order valence-electron chi connectivity index (χ0n) is 17.4. The molecule has 1 amide bonds. The van der Waals surface area contributed by atoms with E-state index in [1.807, 2.05) is 37.3 Å². The monoisotopic (exact) mass is 433 g/mol. The fraction of sp³-hybridized carbons (Fsp3) is 0.381. The van der Waals surface area contributed by atoms with Crippen molar-refractivity contribution in [1.29, 1.82) is 0 Å². The molecule has 1 atom stereocenters. The van der Waals surface area contributed by atoms with E-state index in [-0.39, 0.29) is 17.3 Å². The summed E-state index contributed by atoms with van der Waals surface area (Å²) in [6.07, 6.45) is 2.63. The molecule has 0 aromatic heterocycles. The topological polar surface area (TPSA) is 110 Å². The van der Waals surface area contributed by atoms with E-state index in [0.29, 0.717) is 12.1 Å². The first kappa shape index (κ1) is 23.3. The summed E-state index contributed by atoms with van der Waals surface area (Å²) in [5.74, 6) is -0.250. The number of nitro groups is 1. The fourth-order valence-corrected chi connectivity index (χ4v) is 4.02. The number of amides is 1. The molecule has 0 saturated heterocycles. The second-order valence-electron chi connectivity index (χ2n) is 7.27. The summed E-state index contributed by atoms with van der Waals surface area (Å²) in [4.78, 5) is 23.0. The van der Waals surface area contributed by atoms with Gasteiger partial charge in [0, 0.05) is 18.7 Å². The first-order valence-electron chi connectivity index (χ1n) is 9.65. The Morgan fingerprint density at radius 2 is 1.87 bits per heavy atom. The van der Waals surface area contributed by atoms with Crippen molar-refractivity contribution in [3.63, 3.8) is 0 Å². The number of carbonyl (C=O) groups is 1. The summed E-state index contributed by atoms with van der Waals surface area (Å²) in [7, 11) is -3.82. The van der Waals surface area contributed by atoms with Crippen LogP contribution in [0.4, 0.5) is 11.4 Å². The highest BCUT2D eigenvalue weighted by Gasteiger charge is 2.24. The van der Waals surface area contributed by atoms with Crippen LogP contribution in [-0.4, -0.2) is 38.6 Å². The molecule has 8 nitrogen and oxygen atoms in total. The lowest BCUT2D eigenvalue weighted by molar-refractivity contribution is -0.384. The largest absolute Gasteiger partial charge is 0.354 e. The van der Waals surface area contributed by atoms with Crippen molar-refractivity contribution < 1.29 is 18.1 Å². The maximum atomic E-state index is 12.5. The molecule has 9 heteroatoms. The van der Waals surface area contributed by atoms with Crippen LogP contribution in [0.25, 0.3) is 0 Å². The minimum atomic E-state index is -3.82. The van der Waals surface area contributed by atoms with E-state index in [0.717, 1.165) is 23.4 Å². The molecule has 0 fully saturated rings. The third kappa shape index (κ3) is 6.55. The average Bonchev–Trinajstić information content (AvgIpc) is 2.69. The molecule has 162 valence electrons. The average molecular weight is 434 g/mol. The van der Waals surface area contributed by atoms with Gasteiger partial charge in [-0.1, -0.05) is 49.7 Å². The molecule has 0 saturated carbocycles. The molecular formula is C21H27N3O5S. The maximum absolute atomic E-state index is 12.5. The Bertz CT molecular complexity index is 993. The molecule has 0 spiro atoms. The molecule has 1 N–H and O–H groups in total. The van der Waals surface area contributed by atoms with Gasteiger partial charge in [0.15, 0.2) is 0 Å². The number of nitrogens with zero attached hydrogens (tertiary/aromatic N) is 2. The highest BCUT2D eigenvalue weighted by atomic mass is 32.2. The van der Waals surface area contributed by atoms with Crippen molar-refractivity contribution in [2.24, 2.45) is 5.92 Å². The third-order valence-corrected chi connectivity index (χ3v) is 6.02. The van der Waals surface area contributed by atoms with Crippen LogP contribution in [0.2, 0.25) is 0 Å². The molecule has 0 aliphatic carbocycles. The molecule has 30 heavy (non-hydrogen) atoms. The van der Waals surface area contributed by atoms with Gasteiger partial charge in [-0.15, -0.1) is 0 Å². The number of carbonyl (C=O) groups excluding carboxylic acids is 1. The zero-order valence-corrected chi connectivity index (χ0v) is 18.2. The van der Waals surface area contributed by atoms with E-state index in [9.17, 15) is 23.3 Å².